The molecule has 0 aromatic heterocycles. The van der Waals surface area contributed by atoms with Crippen LogP contribution in [0.25, 0.3) is 0 Å². The number of hydrogen-bond donors (Lipinski definition) is 0. The van der Waals surface area contributed by atoms with E-state index in [1.807, 2.05) is 10.6 Å². The highest BCUT2D eigenvalue weighted by atomic mass is 32.2. The van der Waals surface area contributed by atoms with Crippen LogP contribution in [0.2, 0.25) is 0 Å². The molecule has 0 saturated heterocycles. The van der Waals surface area contributed by atoms with Gasteiger partial charge in [-0.05, 0) is 22.6 Å². The molecule has 1 aliphatic heterocycles. The van der Waals surface area contributed by atoms with Crippen molar-refractivity contribution in [3.05, 3.63) is 34.9 Å². The molecule has 1 aromatic rings. The Labute approximate surface area is 101 Å². The summed E-state index contributed by atoms with van der Waals surface area (Å²) in [5, 5.41) is 0. The van der Waals surface area contributed by atoms with Gasteiger partial charge in [-0.25, -0.2) is 0 Å². The maximum atomic E-state index is 11.9. The predicted molar refractivity (Wildman–Crippen MR) is 68.3 cm³/mol. The topological polar surface area (TPSA) is 20.3 Å². The van der Waals surface area contributed by atoms with Gasteiger partial charge in [-0.3, -0.25) is 9.10 Å². The molecule has 1 heterocycles. The van der Waals surface area contributed by atoms with E-state index in [4.69, 9.17) is 0 Å². The Morgan fingerprint density at radius 1 is 1.38 bits per heavy atom. The molecule has 0 radical (unpaired) electrons. The van der Waals surface area contributed by atoms with Crippen LogP contribution in [-0.2, 0) is 17.8 Å². The van der Waals surface area contributed by atoms with Gasteiger partial charge in [0.15, 0.2) is 0 Å². The third-order valence-corrected chi connectivity index (χ3v) is 3.85. The van der Waals surface area contributed by atoms with Gasteiger partial charge in [0.2, 0.25) is 5.91 Å². The lowest BCUT2D eigenvalue weighted by Crippen LogP contribution is -2.31. The van der Waals surface area contributed by atoms with Gasteiger partial charge >= 0.3 is 0 Å². The zero-order chi connectivity index (χ0) is 11.7. The molecule has 0 aliphatic carbocycles. The zero-order valence-electron chi connectivity index (χ0n) is 9.99. The maximum Gasteiger partial charge on any atom is 0.237 e. The summed E-state index contributed by atoms with van der Waals surface area (Å²) in [6, 6.07) is 6.38. The molecule has 1 aromatic carbocycles. The second kappa shape index (κ2) is 4.50. The van der Waals surface area contributed by atoms with Crippen molar-refractivity contribution in [2.45, 2.75) is 32.7 Å². The van der Waals surface area contributed by atoms with Gasteiger partial charge in [0.25, 0.3) is 0 Å². The summed E-state index contributed by atoms with van der Waals surface area (Å²) in [7, 11) is 0. The van der Waals surface area contributed by atoms with Crippen molar-refractivity contribution in [1.29, 1.82) is 0 Å². The normalized spacial score (nSPS) is 15.5. The summed E-state index contributed by atoms with van der Waals surface area (Å²) in [5.41, 5.74) is 3.89. The lowest BCUT2D eigenvalue weighted by molar-refractivity contribution is -0.126. The molecular weight excluding hydrogens is 218 g/mol. The summed E-state index contributed by atoms with van der Waals surface area (Å²) in [6.45, 7) is 5.11. The van der Waals surface area contributed by atoms with E-state index >= 15 is 0 Å². The first kappa shape index (κ1) is 11.5. The molecule has 86 valence electrons. The van der Waals surface area contributed by atoms with E-state index in [2.05, 4.69) is 32.0 Å². The van der Waals surface area contributed by atoms with Crippen molar-refractivity contribution in [2.75, 3.05) is 6.26 Å². The standard InChI is InChI=1S/C13H17NOS/c1-9(2)11-6-4-5-10-8-14(16-3)13(15)7-12(10)11/h4-6,9H,7-8H2,1-3H3. The molecule has 0 unspecified atom stereocenters. The van der Waals surface area contributed by atoms with Crippen molar-refractivity contribution in [3.8, 4) is 0 Å². The number of rotatable bonds is 2. The van der Waals surface area contributed by atoms with Gasteiger partial charge in [0.1, 0.15) is 0 Å². The van der Waals surface area contributed by atoms with Crippen LogP contribution in [-0.4, -0.2) is 16.5 Å². The third-order valence-electron chi connectivity index (χ3n) is 3.07. The first-order valence-electron chi connectivity index (χ1n) is 5.58. The summed E-state index contributed by atoms with van der Waals surface area (Å²) in [5.74, 6) is 0.719. The van der Waals surface area contributed by atoms with Crippen LogP contribution in [0.4, 0.5) is 0 Å². The molecule has 2 rings (SSSR count). The Morgan fingerprint density at radius 3 is 2.75 bits per heavy atom. The molecule has 0 bridgehead atoms. The monoisotopic (exact) mass is 235 g/mol. The van der Waals surface area contributed by atoms with Gasteiger partial charge in [0, 0.05) is 6.26 Å². The Balaban J connectivity index is 2.42. The van der Waals surface area contributed by atoms with Crippen LogP contribution in [0.5, 0.6) is 0 Å². The van der Waals surface area contributed by atoms with E-state index in [9.17, 15) is 4.79 Å². The van der Waals surface area contributed by atoms with E-state index < -0.39 is 0 Å². The third kappa shape index (κ3) is 1.96. The molecule has 2 nitrogen and oxygen atoms in total. The van der Waals surface area contributed by atoms with Crippen LogP contribution in [0, 0.1) is 0 Å². The number of benzene rings is 1. The van der Waals surface area contributed by atoms with E-state index in [1.54, 1.807) is 0 Å². The van der Waals surface area contributed by atoms with Crippen LogP contribution >= 0.6 is 11.9 Å². The van der Waals surface area contributed by atoms with Crippen LogP contribution < -0.4 is 0 Å². The molecule has 0 saturated carbocycles. The molecule has 0 spiro atoms. The quantitative estimate of drug-likeness (QED) is 0.735. The van der Waals surface area contributed by atoms with E-state index in [0.29, 0.717) is 12.3 Å². The molecule has 16 heavy (non-hydrogen) atoms. The van der Waals surface area contributed by atoms with Crippen molar-refractivity contribution in [1.82, 2.24) is 4.31 Å². The second-order valence-corrected chi connectivity index (χ2v) is 5.24. The van der Waals surface area contributed by atoms with Crippen molar-refractivity contribution < 1.29 is 4.79 Å². The Bertz CT molecular complexity index is 414. The Hall–Kier alpha value is -0.960. The fraction of sp³-hybridized carbons (Fsp3) is 0.462. The minimum atomic E-state index is 0.230. The highest BCUT2D eigenvalue weighted by molar-refractivity contribution is 7.96. The minimum Gasteiger partial charge on any atom is -0.282 e. The molecule has 3 heteroatoms. The molecule has 0 N–H and O–H groups in total. The zero-order valence-corrected chi connectivity index (χ0v) is 10.8. The number of hydrogen-bond acceptors (Lipinski definition) is 2. The highest BCUT2D eigenvalue weighted by Crippen LogP contribution is 2.29. The SMILES string of the molecule is CSN1Cc2cccc(C(C)C)c2CC1=O. The van der Waals surface area contributed by atoms with Gasteiger partial charge in [-0.15, -0.1) is 0 Å². The molecular formula is C13H17NOS. The number of fused-ring (bicyclic) bond motifs is 1. The summed E-state index contributed by atoms with van der Waals surface area (Å²) in [6.07, 6.45) is 2.51. The molecule has 1 aliphatic rings. The number of amides is 1. The van der Waals surface area contributed by atoms with Crippen molar-refractivity contribution in [2.24, 2.45) is 0 Å². The largest absolute Gasteiger partial charge is 0.282 e. The van der Waals surface area contributed by atoms with E-state index in [1.165, 1.54) is 28.6 Å². The van der Waals surface area contributed by atoms with E-state index in [-0.39, 0.29) is 5.91 Å². The lowest BCUT2D eigenvalue weighted by Gasteiger charge is -2.28. The van der Waals surface area contributed by atoms with Crippen molar-refractivity contribution >= 4 is 17.9 Å². The first-order valence-corrected chi connectivity index (χ1v) is 6.76. The smallest absolute Gasteiger partial charge is 0.237 e. The van der Waals surface area contributed by atoms with E-state index in [0.717, 1.165) is 6.54 Å². The average molecular weight is 235 g/mol. The maximum absolute atomic E-state index is 11.9. The summed E-state index contributed by atoms with van der Waals surface area (Å²) >= 11 is 1.52. The van der Waals surface area contributed by atoms with Crippen LogP contribution in [0.3, 0.4) is 0 Å². The van der Waals surface area contributed by atoms with Gasteiger partial charge in [-0.1, -0.05) is 44.0 Å². The summed E-state index contributed by atoms with van der Waals surface area (Å²) in [4.78, 5) is 11.9. The van der Waals surface area contributed by atoms with Gasteiger partial charge in [0.05, 0.1) is 13.0 Å². The second-order valence-electron chi connectivity index (χ2n) is 4.43. The lowest BCUT2D eigenvalue weighted by atomic mass is 9.89. The predicted octanol–water partition coefficient (Wildman–Crippen LogP) is 2.97. The van der Waals surface area contributed by atoms with Crippen LogP contribution in [0.15, 0.2) is 18.2 Å². The molecule has 1 amide bonds. The molecule has 0 atom stereocenters. The number of carbonyl (C=O) groups is 1. The highest BCUT2D eigenvalue weighted by Gasteiger charge is 2.24. The van der Waals surface area contributed by atoms with Gasteiger partial charge in [-0.2, -0.15) is 0 Å². The first-order chi connectivity index (χ1) is 7.63. The fourth-order valence-corrected chi connectivity index (χ4v) is 2.74. The molecule has 0 fully saturated rings. The van der Waals surface area contributed by atoms with Crippen LogP contribution in [0.1, 0.15) is 36.5 Å². The Morgan fingerprint density at radius 2 is 2.12 bits per heavy atom. The summed E-state index contributed by atoms with van der Waals surface area (Å²) < 4.78 is 1.84. The van der Waals surface area contributed by atoms with Gasteiger partial charge < -0.3 is 0 Å². The van der Waals surface area contributed by atoms with Crippen molar-refractivity contribution in [3.63, 3.8) is 0 Å². The Kier molecular flexibility index (Phi) is 3.24. The average Bonchev–Trinajstić information content (AvgIpc) is 2.27. The number of nitrogens with zero attached hydrogens (tertiary/aromatic N) is 1. The minimum absolute atomic E-state index is 0.230. The fourth-order valence-electron chi connectivity index (χ4n) is 2.21. The number of carbonyl (C=O) groups excluding carboxylic acids is 1.